The van der Waals surface area contributed by atoms with Gasteiger partial charge in [0.05, 0.1) is 17.3 Å². The summed E-state index contributed by atoms with van der Waals surface area (Å²) in [6.07, 6.45) is -0.473. The minimum absolute atomic E-state index is 0.0887. The van der Waals surface area contributed by atoms with Crippen LogP contribution >= 0.6 is 11.3 Å². The lowest BCUT2D eigenvalue weighted by molar-refractivity contribution is -0.184. The Bertz CT molecular complexity index is 912. The van der Waals surface area contributed by atoms with Gasteiger partial charge in [0.25, 0.3) is 0 Å². The molecule has 2 amide bonds. The van der Waals surface area contributed by atoms with E-state index in [0.717, 1.165) is 0 Å². The number of nitrogens with zero attached hydrogens (tertiary/aromatic N) is 2. The molecule has 9 heteroatoms. The molecule has 1 aromatic carbocycles. The smallest absolute Gasteiger partial charge is 0.350 e. The molecule has 2 unspecified atom stereocenters. The number of halogens is 3. The van der Waals surface area contributed by atoms with Crippen LogP contribution in [0, 0.1) is 5.92 Å². The average molecular weight is 437 g/mol. The third-order valence-electron chi connectivity index (χ3n) is 4.92. The molecule has 1 aliphatic carbocycles. The van der Waals surface area contributed by atoms with Gasteiger partial charge in [-0.2, -0.15) is 13.2 Å². The quantitative estimate of drug-likeness (QED) is 0.664. The van der Waals surface area contributed by atoms with Crippen molar-refractivity contribution < 1.29 is 22.8 Å². The zero-order valence-electron chi connectivity index (χ0n) is 16.4. The number of thiazole rings is 1. The molecular formula is C21H22F3N3O2S. The number of rotatable bonds is 5. The Morgan fingerprint density at radius 1 is 1.23 bits per heavy atom. The first-order valence-corrected chi connectivity index (χ1v) is 10.5. The molecule has 1 aromatic heterocycles. The van der Waals surface area contributed by atoms with Gasteiger partial charge < -0.3 is 5.32 Å². The van der Waals surface area contributed by atoms with E-state index in [1.165, 1.54) is 35.3 Å². The Balaban J connectivity index is 1.62. The van der Waals surface area contributed by atoms with Crippen LogP contribution in [0.3, 0.4) is 0 Å². The second kappa shape index (κ2) is 9.42. The highest BCUT2D eigenvalue weighted by molar-refractivity contribution is 7.14. The summed E-state index contributed by atoms with van der Waals surface area (Å²) in [5.74, 6) is -2.01. The Morgan fingerprint density at radius 3 is 2.63 bits per heavy atom. The van der Waals surface area contributed by atoms with E-state index in [1.807, 2.05) is 18.2 Å². The maximum atomic E-state index is 12.9. The SMILES string of the molecule is CC(=O)N(c1ccccc1)c1nc(/C=C/C(=O)NC2CCCC(C(F)(F)F)C2)cs1. The van der Waals surface area contributed by atoms with E-state index >= 15 is 0 Å². The standard InChI is InChI=1S/C21H22F3N3O2S/c1-14(28)27(18-8-3-2-4-9-18)20-26-17(13-30-20)10-11-19(29)25-16-7-5-6-15(12-16)21(22,23)24/h2-4,8-11,13,15-16H,5-7,12H2,1H3,(H,25,29)/b11-10+. The molecule has 1 saturated carbocycles. The lowest BCUT2D eigenvalue weighted by Gasteiger charge is -2.30. The number of carbonyl (C=O) groups is 2. The van der Waals surface area contributed by atoms with E-state index in [1.54, 1.807) is 17.5 Å². The van der Waals surface area contributed by atoms with Crippen LogP contribution in [-0.4, -0.2) is 29.0 Å². The number of nitrogens with one attached hydrogen (secondary N) is 1. The fraction of sp³-hybridized carbons (Fsp3) is 0.381. The lowest BCUT2D eigenvalue weighted by Crippen LogP contribution is -2.41. The van der Waals surface area contributed by atoms with Crippen molar-refractivity contribution in [1.82, 2.24) is 10.3 Å². The van der Waals surface area contributed by atoms with Gasteiger partial charge in [0, 0.05) is 24.4 Å². The Morgan fingerprint density at radius 2 is 1.97 bits per heavy atom. The van der Waals surface area contributed by atoms with Crippen molar-refractivity contribution >= 4 is 40.0 Å². The monoisotopic (exact) mass is 437 g/mol. The minimum atomic E-state index is -4.22. The van der Waals surface area contributed by atoms with Gasteiger partial charge in [0.1, 0.15) is 0 Å². The molecule has 30 heavy (non-hydrogen) atoms. The Kier molecular flexibility index (Phi) is 6.91. The number of amides is 2. The largest absolute Gasteiger partial charge is 0.391 e. The van der Waals surface area contributed by atoms with Crippen molar-refractivity contribution in [2.45, 2.75) is 44.8 Å². The van der Waals surface area contributed by atoms with E-state index in [0.29, 0.717) is 29.4 Å². The molecule has 2 atom stereocenters. The molecular weight excluding hydrogens is 415 g/mol. The molecule has 5 nitrogen and oxygen atoms in total. The molecule has 1 N–H and O–H groups in total. The van der Waals surface area contributed by atoms with E-state index in [4.69, 9.17) is 0 Å². The van der Waals surface area contributed by atoms with Gasteiger partial charge in [-0.15, -0.1) is 11.3 Å². The second-order valence-electron chi connectivity index (χ2n) is 7.19. The van der Waals surface area contributed by atoms with E-state index in [-0.39, 0.29) is 18.7 Å². The van der Waals surface area contributed by atoms with E-state index < -0.39 is 24.0 Å². The molecule has 0 saturated heterocycles. The summed E-state index contributed by atoms with van der Waals surface area (Å²) in [6, 6.07) is 8.59. The first-order chi connectivity index (χ1) is 14.2. The highest BCUT2D eigenvalue weighted by Crippen LogP contribution is 2.37. The van der Waals surface area contributed by atoms with Crippen molar-refractivity contribution in [2.24, 2.45) is 5.92 Å². The zero-order valence-corrected chi connectivity index (χ0v) is 17.2. The maximum absolute atomic E-state index is 12.9. The number of alkyl halides is 3. The number of hydrogen-bond donors (Lipinski definition) is 1. The van der Waals surface area contributed by atoms with E-state index in [2.05, 4.69) is 10.3 Å². The summed E-state index contributed by atoms with van der Waals surface area (Å²) >= 11 is 1.26. The summed E-state index contributed by atoms with van der Waals surface area (Å²) in [5, 5.41) is 4.82. The number of benzene rings is 1. The Labute approximate surface area is 176 Å². The molecule has 0 radical (unpaired) electrons. The van der Waals surface area contributed by atoms with Crippen LogP contribution in [-0.2, 0) is 9.59 Å². The minimum Gasteiger partial charge on any atom is -0.350 e. The van der Waals surface area contributed by atoms with Gasteiger partial charge in [0.2, 0.25) is 11.8 Å². The van der Waals surface area contributed by atoms with E-state index in [9.17, 15) is 22.8 Å². The highest BCUT2D eigenvalue weighted by Gasteiger charge is 2.42. The first-order valence-electron chi connectivity index (χ1n) is 9.60. The van der Waals surface area contributed by atoms with Crippen LogP contribution in [0.5, 0.6) is 0 Å². The average Bonchev–Trinajstić information content (AvgIpc) is 3.15. The first kappa shape index (κ1) is 22.0. The molecule has 1 heterocycles. The summed E-state index contributed by atoms with van der Waals surface area (Å²) in [4.78, 5) is 30.1. The molecule has 1 aliphatic rings. The van der Waals surface area contributed by atoms with Gasteiger partial charge in [-0.25, -0.2) is 4.98 Å². The van der Waals surface area contributed by atoms with Crippen molar-refractivity contribution in [3.63, 3.8) is 0 Å². The van der Waals surface area contributed by atoms with Crippen molar-refractivity contribution in [1.29, 1.82) is 0 Å². The van der Waals surface area contributed by atoms with Crippen molar-refractivity contribution in [3.05, 3.63) is 47.5 Å². The summed E-state index contributed by atoms with van der Waals surface area (Å²) in [7, 11) is 0. The van der Waals surface area contributed by atoms with Crippen LogP contribution in [0.1, 0.15) is 38.3 Å². The van der Waals surface area contributed by atoms with Crippen LogP contribution in [0.25, 0.3) is 6.08 Å². The number of aromatic nitrogens is 1. The number of carbonyl (C=O) groups excluding carboxylic acids is 2. The van der Waals surface area contributed by atoms with Crippen LogP contribution < -0.4 is 10.2 Å². The fourth-order valence-corrected chi connectivity index (χ4v) is 4.34. The maximum Gasteiger partial charge on any atom is 0.391 e. The van der Waals surface area contributed by atoms with Crippen molar-refractivity contribution in [3.8, 4) is 0 Å². The molecule has 3 rings (SSSR count). The molecule has 0 bridgehead atoms. The number of para-hydroxylation sites is 1. The molecule has 2 aromatic rings. The van der Waals surface area contributed by atoms with Gasteiger partial charge in [0.15, 0.2) is 5.13 Å². The number of hydrogen-bond acceptors (Lipinski definition) is 4. The summed E-state index contributed by atoms with van der Waals surface area (Å²) in [6.45, 7) is 1.44. The Hall–Kier alpha value is -2.68. The number of anilines is 2. The van der Waals surface area contributed by atoms with Gasteiger partial charge in [-0.1, -0.05) is 24.6 Å². The summed E-state index contributed by atoms with van der Waals surface area (Å²) in [5.41, 5.74) is 1.17. The second-order valence-corrected chi connectivity index (χ2v) is 8.03. The predicted octanol–water partition coefficient (Wildman–Crippen LogP) is 5.08. The van der Waals surface area contributed by atoms with Gasteiger partial charge in [-0.05, 0) is 37.5 Å². The highest BCUT2D eigenvalue weighted by atomic mass is 32.1. The fourth-order valence-electron chi connectivity index (χ4n) is 3.49. The lowest BCUT2D eigenvalue weighted by atomic mass is 9.85. The predicted molar refractivity (Wildman–Crippen MR) is 110 cm³/mol. The normalized spacial score (nSPS) is 19.6. The van der Waals surface area contributed by atoms with Crippen LogP contribution in [0.15, 0.2) is 41.8 Å². The molecule has 1 fully saturated rings. The van der Waals surface area contributed by atoms with Gasteiger partial charge >= 0.3 is 6.18 Å². The summed E-state index contributed by atoms with van der Waals surface area (Å²) < 4.78 is 38.7. The third-order valence-corrected chi connectivity index (χ3v) is 5.76. The topological polar surface area (TPSA) is 62.3 Å². The van der Waals surface area contributed by atoms with Crippen LogP contribution in [0.4, 0.5) is 24.0 Å². The van der Waals surface area contributed by atoms with Crippen molar-refractivity contribution in [2.75, 3.05) is 4.90 Å². The molecule has 160 valence electrons. The van der Waals surface area contributed by atoms with Gasteiger partial charge in [-0.3, -0.25) is 14.5 Å². The molecule has 0 aliphatic heterocycles. The third kappa shape index (κ3) is 5.69. The molecule has 0 spiro atoms. The zero-order chi connectivity index (χ0) is 21.7. The van der Waals surface area contributed by atoms with Crippen LogP contribution in [0.2, 0.25) is 0 Å².